The Bertz CT molecular complexity index is 252. The lowest BCUT2D eigenvalue weighted by molar-refractivity contribution is 0.0622. The topological polar surface area (TPSA) is 46.9 Å². The smallest absolute Gasteiger partial charge is 0.0558 e. The van der Waals surface area contributed by atoms with Crippen molar-refractivity contribution >= 4 is 0 Å². The van der Waals surface area contributed by atoms with Gasteiger partial charge in [-0.3, -0.25) is 9.80 Å². The maximum absolute atomic E-state index is 9.19. The molecule has 0 radical (unpaired) electrons. The molecule has 0 amide bonds. The van der Waals surface area contributed by atoms with Gasteiger partial charge in [0.25, 0.3) is 0 Å². The van der Waals surface area contributed by atoms with Gasteiger partial charge in [-0.1, -0.05) is 38.5 Å². The Morgan fingerprint density at radius 2 is 1.05 bits per heavy atom. The van der Waals surface area contributed by atoms with Gasteiger partial charge in [0.15, 0.2) is 0 Å². The molecule has 0 aromatic carbocycles. The zero-order chi connectivity index (χ0) is 15.6. The molecule has 2 N–H and O–H groups in total. The van der Waals surface area contributed by atoms with Crippen molar-refractivity contribution in [3.05, 3.63) is 0 Å². The number of rotatable bonds is 9. The van der Waals surface area contributed by atoms with Crippen molar-refractivity contribution in [3.8, 4) is 0 Å². The fraction of sp³-hybridized carbons (Fsp3) is 1.00. The zero-order valence-electron chi connectivity index (χ0n) is 14.3. The van der Waals surface area contributed by atoms with Gasteiger partial charge in [0.2, 0.25) is 0 Å². The van der Waals surface area contributed by atoms with Crippen LogP contribution in [0.1, 0.15) is 64.2 Å². The Hall–Kier alpha value is -0.160. The molecule has 130 valence electrons. The quantitative estimate of drug-likeness (QED) is 0.685. The predicted molar refractivity (Wildman–Crippen MR) is 91.1 cm³/mol. The van der Waals surface area contributed by atoms with E-state index in [4.69, 9.17) is 0 Å². The van der Waals surface area contributed by atoms with E-state index in [1.54, 1.807) is 0 Å². The Morgan fingerprint density at radius 1 is 0.591 bits per heavy atom. The number of hydrogen-bond donors (Lipinski definition) is 2. The van der Waals surface area contributed by atoms with Crippen molar-refractivity contribution in [1.82, 2.24) is 9.80 Å². The first kappa shape index (κ1) is 18.2. The lowest BCUT2D eigenvalue weighted by atomic mass is 9.88. The van der Waals surface area contributed by atoms with Crippen LogP contribution in [0, 0.1) is 0 Å². The highest BCUT2D eigenvalue weighted by Crippen LogP contribution is 2.29. The van der Waals surface area contributed by atoms with Crippen molar-refractivity contribution in [2.75, 3.05) is 39.4 Å². The van der Waals surface area contributed by atoms with E-state index in [2.05, 4.69) is 9.80 Å². The second-order valence-corrected chi connectivity index (χ2v) is 7.11. The third-order valence-electron chi connectivity index (χ3n) is 5.59. The second-order valence-electron chi connectivity index (χ2n) is 7.11. The van der Waals surface area contributed by atoms with Crippen LogP contribution in [0.4, 0.5) is 0 Å². The fourth-order valence-electron chi connectivity index (χ4n) is 4.36. The molecule has 4 heteroatoms. The van der Waals surface area contributed by atoms with E-state index in [1.807, 2.05) is 0 Å². The highest BCUT2D eigenvalue weighted by Gasteiger charge is 2.28. The molecule has 2 aliphatic rings. The summed E-state index contributed by atoms with van der Waals surface area (Å²) >= 11 is 0. The highest BCUT2D eigenvalue weighted by atomic mass is 16.3. The Kier molecular flexibility index (Phi) is 8.75. The van der Waals surface area contributed by atoms with Gasteiger partial charge in [-0.05, 0) is 25.7 Å². The molecule has 0 bridgehead atoms. The minimum atomic E-state index is 0.187. The van der Waals surface area contributed by atoms with Gasteiger partial charge < -0.3 is 10.2 Å². The molecule has 0 aromatic heterocycles. The molecule has 0 aromatic rings. The summed E-state index contributed by atoms with van der Waals surface area (Å²) in [7, 11) is 0. The van der Waals surface area contributed by atoms with Crippen molar-refractivity contribution in [1.29, 1.82) is 0 Å². The molecule has 0 aliphatic heterocycles. The molecule has 2 saturated carbocycles. The predicted octanol–water partition coefficient (Wildman–Crippen LogP) is 2.24. The van der Waals surface area contributed by atoms with Crippen molar-refractivity contribution in [2.45, 2.75) is 76.3 Å². The van der Waals surface area contributed by atoms with Gasteiger partial charge in [0.1, 0.15) is 0 Å². The van der Waals surface area contributed by atoms with E-state index < -0.39 is 0 Å². The minimum Gasteiger partial charge on any atom is -0.395 e. The lowest BCUT2D eigenvalue weighted by Crippen LogP contribution is -2.49. The average Bonchev–Trinajstić information content (AvgIpc) is 2.57. The van der Waals surface area contributed by atoms with Crippen LogP contribution in [0.2, 0.25) is 0 Å². The maximum atomic E-state index is 9.19. The molecular weight excluding hydrogens is 276 g/mol. The van der Waals surface area contributed by atoms with Gasteiger partial charge in [-0.15, -0.1) is 0 Å². The summed E-state index contributed by atoms with van der Waals surface area (Å²) in [4.78, 5) is 5.01. The fourth-order valence-corrected chi connectivity index (χ4v) is 4.36. The third-order valence-corrected chi connectivity index (χ3v) is 5.59. The van der Waals surface area contributed by atoms with Crippen LogP contribution in [0.5, 0.6) is 0 Å². The van der Waals surface area contributed by atoms with E-state index in [9.17, 15) is 10.2 Å². The summed E-state index contributed by atoms with van der Waals surface area (Å²) in [6, 6.07) is 1.56. The Labute approximate surface area is 136 Å². The standard InChI is InChI=1S/C18H36N2O2/c21-15-13-19(14-16-22)11-12-20(17-7-3-1-4-8-17)18-9-5-2-6-10-18/h17-18,21-22H,1-16H2. The monoisotopic (exact) mass is 312 g/mol. The Balaban J connectivity index is 1.90. The number of hydrogen-bond acceptors (Lipinski definition) is 4. The molecule has 4 nitrogen and oxygen atoms in total. The molecule has 0 atom stereocenters. The minimum absolute atomic E-state index is 0.187. The van der Waals surface area contributed by atoms with E-state index in [0.29, 0.717) is 13.1 Å². The van der Waals surface area contributed by atoms with Crippen LogP contribution in [-0.2, 0) is 0 Å². The molecule has 0 spiro atoms. The first-order valence-electron chi connectivity index (χ1n) is 9.55. The van der Waals surface area contributed by atoms with Crippen molar-refractivity contribution in [3.63, 3.8) is 0 Å². The van der Waals surface area contributed by atoms with Gasteiger partial charge >= 0.3 is 0 Å². The van der Waals surface area contributed by atoms with Gasteiger partial charge in [-0.2, -0.15) is 0 Å². The first-order chi connectivity index (χ1) is 10.8. The summed E-state index contributed by atoms with van der Waals surface area (Å²) in [6.07, 6.45) is 13.9. The molecule has 0 unspecified atom stereocenters. The number of aliphatic hydroxyl groups is 2. The second kappa shape index (κ2) is 10.6. The SMILES string of the molecule is OCCN(CCO)CCN(C1CCCCC1)C1CCCCC1. The molecule has 22 heavy (non-hydrogen) atoms. The molecule has 2 aliphatic carbocycles. The van der Waals surface area contributed by atoms with Gasteiger partial charge in [0.05, 0.1) is 13.2 Å². The average molecular weight is 312 g/mol. The number of nitrogens with zero attached hydrogens (tertiary/aromatic N) is 2. The van der Waals surface area contributed by atoms with Crippen molar-refractivity contribution < 1.29 is 10.2 Å². The van der Waals surface area contributed by atoms with Crippen LogP contribution in [0.3, 0.4) is 0 Å². The van der Waals surface area contributed by atoms with Crippen LogP contribution in [-0.4, -0.2) is 71.5 Å². The molecule has 0 saturated heterocycles. The van der Waals surface area contributed by atoms with Gasteiger partial charge in [0, 0.05) is 38.3 Å². The summed E-state index contributed by atoms with van der Waals surface area (Å²) in [5.41, 5.74) is 0. The molecular formula is C18H36N2O2. The van der Waals surface area contributed by atoms with Gasteiger partial charge in [-0.25, -0.2) is 0 Å². The normalized spacial score (nSPS) is 21.8. The summed E-state index contributed by atoms with van der Waals surface area (Å²) in [5.74, 6) is 0. The highest BCUT2D eigenvalue weighted by molar-refractivity contribution is 4.84. The maximum Gasteiger partial charge on any atom is 0.0558 e. The van der Waals surface area contributed by atoms with E-state index in [1.165, 1.54) is 64.2 Å². The summed E-state index contributed by atoms with van der Waals surface area (Å²) in [5, 5.41) is 18.4. The van der Waals surface area contributed by atoms with Crippen molar-refractivity contribution in [2.24, 2.45) is 0 Å². The third kappa shape index (κ3) is 5.80. The van der Waals surface area contributed by atoms with Crippen LogP contribution < -0.4 is 0 Å². The van der Waals surface area contributed by atoms with E-state index in [-0.39, 0.29) is 13.2 Å². The molecule has 2 fully saturated rings. The van der Waals surface area contributed by atoms with E-state index in [0.717, 1.165) is 25.2 Å². The zero-order valence-corrected chi connectivity index (χ0v) is 14.3. The number of aliphatic hydroxyl groups excluding tert-OH is 2. The Morgan fingerprint density at radius 3 is 1.45 bits per heavy atom. The molecule has 0 heterocycles. The van der Waals surface area contributed by atoms with Crippen LogP contribution >= 0.6 is 0 Å². The largest absolute Gasteiger partial charge is 0.395 e. The first-order valence-corrected chi connectivity index (χ1v) is 9.55. The lowest BCUT2D eigenvalue weighted by Gasteiger charge is -2.42. The molecule has 2 rings (SSSR count). The van der Waals surface area contributed by atoms with Crippen LogP contribution in [0.25, 0.3) is 0 Å². The summed E-state index contributed by atoms with van der Waals surface area (Å²) < 4.78 is 0. The van der Waals surface area contributed by atoms with Crippen LogP contribution in [0.15, 0.2) is 0 Å². The summed E-state index contributed by atoms with van der Waals surface area (Å²) in [6.45, 7) is 3.83. The van der Waals surface area contributed by atoms with E-state index >= 15 is 0 Å².